The molecule has 0 saturated heterocycles. The molecule has 0 atom stereocenters. The van der Waals surface area contributed by atoms with Crippen molar-refractivity contribution in [2.75, 3.05) is 13.2 Å². The molecular weight excluding hydrogens is 444 g/mol. The van der Waals surface area contributed by atoms with E-state index in [0.29, 0.717) is 51.7 Å². The minimum Gasteiger partial charge on any atom is -0.494 e. The summed E-state index contributed by atoms with van der Waals surface area (Å²) in [5.74, 6) is 0.826. The molecule has 6 nitrogen and oxygen atoms in total. The van der Waals surface area contributed by atoms with Crippen LogP contribution < -0.4 is 9.47 Å². The predicted molar refractivity (Wildman–Crippen MR) is 138 cm³/mol. The van der Waals surface area contributed by atoms with Gasteiger partial charge in [-0.1, -0.05) is 40.5 Å². The van der Waals surface area contributed by atoms with Crippen molar-refractivity contribution >= 4 is 23.1 Å². The molecule has 0 spiro atoms. The lowest BCUT2D eigenvalue weighted by Crippen LogP contribution is -2.23. The van der Waals surface area contributed by atoms with Gasteiger partial charge >= 0.3 is 0 Å². The average molecular weight is 489 g/mol. The SMILES string of the molecule is CCC(=O)C(CCCCCOc1ccc(OCCCCC(C(=O)CC)C(=O)CC)cc1)C(=O)CC. The van der Waals surface area contributed by atoms with Crippen molar-refractivity contribution in [1.29, 1.82) is 0 Å². The third kappa shape index (κ3) is 11.7. The van der Waals surface area contributed by atoms with Crippen molar-refractivity contribution in [2.45, 2.75) is 98.3 Å². The molecular formula is C29H44O6. The van der Waals surface area contributed by atoms with Crippen LogP contribution in [0.25, 0.3) is 0 Å². The van der Waals surface area contributed by atoms with Gasteiger partial charge in [-0.25, -0.2) is 0 Å². The van der Waals surface area contributed by atoms with E-state index in [9.17, 15) is 19.2 Å². The molecule has 6 heteroatoms. The Labute approximate surface area is 211 Å². The van der Waals surface area contributed by atoms with E-state index in [1.807, 2.05) is 38.1 Å². The van der Waals surface area contributed by atoms with Crippen LogP contribution in [-0.4, -0.2) is 36.3 Å². The molecule has 35 heavy (non-hydrogen) atoms. The lowest BCUT2D eigenvalue weighted by Gasteiger charge is -2.13. The van der Waals surface area contributed by atoms with Crippen LogP contribution >= 0.6 is 0 Å². The molecule has 196 valence electrons. The fourth-order valence-corrected chi connectivity index (χ4v) is 4.08. The lowest BCUT2D eigenvalue weighted by atomic mass is 9.90. The first-order chi connectivity index (χ1) is 16.9. The minimum atomic E-state index is -0.458. The van der Waals surface area contributed by atoms with Crippen LogP contribution in [0.1, 0.15) is 98.3 Å². The molecule has 0 aliphatic heterocycles. The summed E-state index contributed by atoms with van der Waals surface area (Å²) >= 11 is 0. The molecule has 0 saturated carbocycles. The molecule has 1 aromatic rings. The van der Waals surface area contributed by atoms with Gasteiger partial charge in [0.2, 0.25) is 0 Å². The summed E-state index contributed by atoms with van der Waals surface area (Å²) in [6, 6.07) is 7.50. The van der Waals surface area contributed by atoms with Gasteiger partial charge in [0, 0.05) is 25.7 Å². The smallest absolute Gasteiger partial charge is 0.143 e. The summed E-state index contributed by atoms with van der Waals surface area (Å²) in [7, 11) is 0. The Morgan fingerprint density at radius 2 is 0.857 bits per heavy atom. The summed E-state index contributed by atoms with van der Waals surface area (Å²) < 4.78 is 11.6. The van der Waals surface area contributed by atoms with E-state index < -0.39 is 11.8 Å². The number of ether oxygens (including phenoxy) is 2. The second-order valence-corrected chi connectivity index (χ2v) is 8.90. The predicted octanol–water partition coefficient (Wildman–Crippen LogP) is 6.32. The van der Waals surface area contributed by atoms with E-state index in [2.05, 4.69) is 0 Å². The van der Waals surface area contributed by atoms with Gasteiger partial charge in [0.1, 0.15) is 34.6 Å². The molecule has 0 aromatic heterocycles. The van der Waals surface area contributed by atoms with Crippen LogP contribution in [-0.2, 0) is 19.2 Å². The Morgan fingerprint density at radius 1 is 0.543 bits per heavy atom. The van der Waals surface area contributed by atoms with Gasteiger partial charge in [-0.3, -0.25) is 19.2 Å². The van der Waals surface area contributed by atoms with Crippen molar-refractivity contribution in [2.24, 2.45) is 11.8 Å². The van der Waals surface area contributed by atoms with Gasteiger partial charge in [0.05, 0.1) is 25.0 Å². The second-order valence-electron chi connectivity index (χ2n) is 8.90. The number of carbonyl (C=O) groups is 4. The fraction of sp³-hybridized carbons (Fsp3) is 0.655. The molecule has 1 rings (SSSR count). The number of Topliss-reactive ketones (excluding diaryl/α,β-unsaturated/α-hetero) is 4. The molecule has 1 aromatic carbocycles. The largest absolute Gasteiger partial charge is 0.494 e. The first-order valence-electron chi connectivity index (χ1n) is 13.3. The third-order valence-electron chi connectivity index (χ3n) is 6.33. The Balaban J connectivity index is 2.25. The molecule has 0 radical (unpaired) electrons. The summed E-state index contributed by atoms with van der Waals surface area (Å²) in [5.41, 5.74) is 0. The van der Waals surface area contributed by atoms with E-state index in [1.54, 1.807) is 13.8 Å². The van der Waals surface area contributed by atoms with Crippen molar-refractivity contribution < 1.29 is 28.7 Å². The number of rotatable bonds is 21. The quantitative estimate of drug-likeness (QED) is 0.149. The zero-order valence-corrected chi connectivity index (χ0v) is 22.1. The molecule has 0 aliphatic rings. The molecule has 0 amide bonds. The van der Waals surface area contributed by atoms with Crippen LogP contribution in [0.15, 0.2) is 24.3 Å². The van der Waals surface area contributed by atoms with Crippen LogP contribution in [0, 0.1) is 11.8 Å². The van der Waals surface area contributed by atoms with Crippen LogP contribution in [0.4, 0.5) is 0 Å². The zero-order chi connectivity index (χ0) is 26.1. The van der Waals surface area contributed by atoms with E-state index in [4.69, 9.17) is 9.47 Å². The average Bonchev–Trinajstić information content (AvgIpc) is 2.89. The Kier molecular flexibility index (Phi) is 15.6. The van der Waals surface area contributed by atoms with Crippen LogP contribution in [0.5, 0.6) is 11.5 Å². The molecule has 0 fully saturated rings. The normalized spacial score (nSPS) is 11.0. The Bertz CT molecular complexity index is 751. The van der Waals surface area contributed by atoms with Gasteiger partial charge in [0.25, 0.3) is 0 Å². The van der Waals surface area contributed by atoms with E-state index in [1.165, 1.54) is 0 Å². The number of ketones is 4. The van der Waals surface area contributed by atoms with E-state index in [-0.39, 0.29) is 23.1 Å². The highest BCUT2D eigenvalue weighted by Crippen LogP contribution is 2.20. The summed E-state index contributed by atoms with van der Waals surface area (Å²) in [5, 5.41) is 0. The molecule has 0 heterocycles. The molecule has 0 aliphatic carbocycles. The molecule has 0 N–H and O–H groups in total. The fourth-order valence-electron chi connectivity index (χ4n) is 4.08. The van der Waals surface area contributed by atoms with Crippen molar-refractivity contribution in [1.82, 2.24) is 0 Å². The maximum Gasteiger partial charge on any atom is 0.143 e. The molecule has 0 bridgehead atoms. The van der Waals surface area contributed by atoms with Gasteiger partial charge in [-0.15, -0.1) is 0 Å². The topological polar surface area (TPSA) is 86.7 Å². The zero-order valence-electron chi connectivity index (χ0n) is 22.1. The number of hydrogen-bond acceptors (Lipinski definition) is 6. The van der Waals surface area contributed by atoms with Crippen molar-refractivity contribution in [3.05, 3.63) is 24.3 Å². The Morgan fingerprint density at radius 3 is 1.20 bits per heavy atom. The maximum absolute atomic E-state index is 12.0. The number of carbonyl (C=O) groups excluding carboxylic acids is 4. The number of benzene rings is 1. The molecule has 0 unspecified atom stereocenters. The van der Waals surface area contributed by atoms with E-state index >= 15 is 0 Å². The highest BCUT2D eigenvalue weighted by atomic mass is 16.5. The summed E-state index contributed by atoms with van der Waals surface area (Å²) in [4.78, 5) is 47.9. The monoisotopic (exact) mass is 488 g/mol. The van der Waals surface area contributed by atoms with Gasteiger partial charge in [-0.05, 0) is 56.4 Å². The summed E-state index contributed by atoms with van der Waals surface area (Å²) in [6.07, 6.45) is 7.07. The van der Waals surface area contributed by atoms with Crippen LogP contribution in [0.3, 0.4) is 0 Å². The standard InChI is InChI=1S/C29H44O6/c1-5-26(30)24(27(31)6-2)14-10-9-12-20-34-22-16-18-23(19-17-22)35-21-13-11-15-25(28(32)7-3)29(33)8-4/h16-19,24-25H,5-15,20-21H2,1-4H3. The van der Waals surface area contributed by atoms with Gasteiger partial charge in [0.15, 0.2) is 0 Å². The van der Waals surface area contributed by atoms with E-state index in [0.717, 1.165) is 43.6 Å². The highest BCUT2D eigenvalue weighted by molar-refractivity contribution is 6.02. The van der Waals surface area contributed by atoms with Crippen molar-refractivity contribution in [3.8, 4) is 11.5 Å². The number of hydrogen-bond donors (Lipinski definition) is 0. The Hall–Kier alpha value is -2.50. The lowest BCUT2D eigenvalue weighted by molar-refractivity contribution is -0.134. The maximum atomic E-state index is 12.0. The number of unbranched alkanes of at least 4 members (excludes halogenated alkanes) is 3. The third-order valence-corrected chi connectivity index (χ3v) is 6.33. The first kappa shape index (κ1) is 30.5. The summed E-state index contributed by atoms with van der Waals surface area (Å²) in [6.45, 7) is 8.35. The van der Waals surface area contributed by atoms with Gasteiger partial charge in [-0.2, -0.15) is 0 Å². The first-order valence-corrected chi connectivity index (χ1v) is 13.3. The highest BCUT2D eigenvalue weighted by Gasteiger charge is 2.23. The van der Waals surface area contributed by atoms with Crippen molar-refractivity contribution in [3.63, 3.8) is 0 Å². The van der Waals surface area contributed by atoms with Crippen LogP contribution in [0.2, 0.25) is 0 Å². The minimum absolute atomic E-state index is 0.0377. The van der Waals surface area contributed by atoms with Gasteiger partial charge < -0.3 is 9.47 Å². The second kappa shape index (κ2) is 17.9.